The van der Waals surface area contributed by atoms with Gasteiger partial charge in [-0.25, -0.2) is 4.79 Å². The number of morpholine rings is 1. The number of carbonyl (C=O) groups excluding carboxylic acids is 1. The van der Waals surface area contributed by atoms with Crippen LogP contribution >= 0.6 is 11.3 Å². The van der Waals surface area contributed by atoms with E-state index in [1.165, 1.54) is 5.56 Å². The average molecular weight is 450 g/mol. The highest BCUT2D eigenvalue weighted by molar-refractivity contribution is 7.07. The second-order valence-electron chi connectivity index (χ2n) is 7.55. The first kappa shape index (κ1) is 23.0. The molecule has 3 atom stereocenters. The quantitative estimate of drug-likeness (QED) is 0.761. The average Bonchev–Trinajstić information content (AvgIpc) is 3.37. The van der Waals surface area contributed by atoms with Crippen LogP contribution < -0.4 is 0 Å². The van der Waals surface area contributed by atoms with E-state index in [4.69, 9.17) is 19.4 Å². The van der Waals surface area contributed by atoms with Crippen LogP contribution in [0.4, 0.5) is 13.2 Å². The number of hydrogen-bond donors (Lipinski definition) is 1. The van der Waals surface area contributed by atoms with E-state index in [1.807, 2.05) is 4.90 Å². The summed E-state index contributed by atoms with van der Waals surface area (Å²) in [6.07, 6.45) is -3.06. The number of halogens is 3. The predicted octanol–water partition coefficient (Wildman–Crippen LogP) is 2.22. The summed E-state index contributed by atoms with van der Waals surface area (Å²) in [6.45, 7) is 5.78. The number of carboxylic acids is 1. The zero-order valence-electron chi connectivity index (χ0n) is 16.3. The summed E-state index contributed by atoms with van der Waals surface area (Å²) in [5.41, 5.74) is 1.38. The van der Waals surface area contributed by atoms with Crippen LogP contribution in [-0.4, -0.2) is 84.6 Å². The number of nitrogens with zero attached hydrogens (tertiary/aromatic N) is 2. The zero-order chi connectivity index (χ0) is 21.7. The molecule has 30 heavy (non-hydrogen) atoms. The Morgan fingerprint density at radius 1 is 1.23 bits per heavy atom. The number of fused-ring (bicyclic) bond motifs is 1. The van der Waals surface area contributed by atoms with Crippen molar-refractivity contribution in [2.75, 3.05) is 39.4 Å². The SMILES string of the molecule is O=C(O)C(F)(F)F.O=C([C@@H]1C[C@@H]2CCN(Cc3ccsc3)C[C@H]2O1)N1CCOCC1. The fourth-order valence-electron chi connectivity index (χ4n) is 3.93. The van der Waals surface area contributed by atoms with Gasteiger partial charge in [0.2, 0.25) is 0 Å². The normalized spacial score (nSPS) is 27.2. The largest absolute Gasteiger partial charge is 0.490 e. The van der Waals surface area contributed by atoms with Gasteiger partial charge in [-0.15, -0.1) is 0 Å². The van der Waals surface area contributed by atoms with Crippen molar-refractivity contribution in [3.63, 3.8) is 0 Å². The van der Waals surface area contributed by atoms with Crippen LogP contribution in [0, 0.1) is 5.92 Å². The van der Waals surface area contributed by atoms with Crippen LogP contribution in [0.1, 0.15) is 18.4 Å². The summed E-state index contributed by atoms with van der Waals surface area (Å²) in [7, 11) is 0. The molecule has 0 unspecified atom stereocenters. The molecule has 4 rings (SSSR count). The predicted molar refractivity (Wildman–Crippen MR) is 102 cm³/mol. The van der Waals surface area contributed by atoms with Gasteiger partial charge >= 0.3 is 12.1 Å². The molecule has 4 heterocycles. The molecule has 3 saturated heterocycles. The van der Waals surface area contributed by atoms with Gasteiger partial charge in [0.25, 0.3) is 5.91 Å². The Kier molecular flexibility index (Phi) is 7.72. The van der Waals surface area contributed by atoms with E-state index < -0.39 is 12.1 Å². The van der Waals surface area contributed by atoms with Crippen molar-refractivity contribution in [2.45, 2.75) is 37.8 Å². The van der Waals surface area contributed by atoms with E-state index >= 15 is 0 Å². The third kappa shape index (κ3) is 6.16. The summed E-state index contributed by atoms with van der Waals surface area (Å²) in [5, 5.41) is 11.5. The Bertz CT molecular complexity index is 710. The van der Waals surface area contributed by atoms with Crippen molar-refractivity contribution in [2.24, 2.45) is 5.92 Å². The Morgan fingerprint density at radius 2 is 1.93 bits per heavy atom. The van der Waals surface area contributed by atoms with Gasteiger partial charge in [0.05, 0.1) is 19.3 Å². The first-order valence-electron chi connectivity index (χ1n) is 9.79. The number of thiophene rings is 1. The minimum Gasteiger partial charge on any atom is -0.475 e. The molecule has 0 saturated carbocycles. The molecule has 0 aromatic carbocycles. The monoisotopic (exact) mass is 450 g/mol. The zero-order valence-corrected chi connectivity index (χ0v) is 17.2. The number of alkyl halides is 3. The fraction of sp³-hybridized carbons (Fsp3) is 0.684. The topological polar surface area (TPSA) is 79.3 Å². The van der Waals surface area contributed by atoms with Gasteiger partial charge in [-0.1, -0.05) is 0 Å². The van der Waals surface area contributed by atoms with Crippen LogP contribution in [0.15, 0.2) is 16.8 Å². The number of likely N-dealkylation sites (tertiary alicyclic amines) is 1. The van der Waals surface area contributed by atoms with E-state index in [2.05, 4.69) is 21.7 Å². The van der Waals surface area contributed by atoms with Crippen molar-refractivity contribution in [3.05, 3.63) is 22.4 Å². The number of carbonyl (C=O) groups is 2. The molecular formula is C19H25F3N2O5S. The molecule has 0 spiro atoms. The number of aliphatic carboxylic acids is 1. The van der Waals surface area contributed by atoms with Gasteiger partial charge in [-0.05, 0) is 47.7 Å². The Labute approximate surface area is 176 Å². The highest BCUT2D eigenvalue weighted by atomic mass is 32.1. The van der Waals surface area contributed by atoms with E-state index in [0.717, 1.165) is 32.5 Å². The molecule has 1 aromatic heterocycles. The van der Waals surface area contributed by atoms with Crippen molar-refractivity contribution in [3.8, 4) is 0 Å². The molecular weight excluding hydrogens is 425 g/mol. The molecule has 7 nitrogen and oxygen atoms in total. The number of hydrogen-bond acceptors (Lipinski definition) is 6. The third-order valence-electron chi connectivity index (χ3n) is 5.46. The van der Waals surface area contributed by atoms with Crippen molar-refractivity contribution in [1.82, 2.24) is 9.80 Å². The van der Waals surface area contributed by atoms with Crippen molar-refractivity contribution >= 4 is 23.2 Å². The lowest BCUT2D eigenvalue weighted by atomic mass is 9.91. The lowest BCUT2D eigenvalue weighted by molar-refractivity contribution is -0.192. The van der Waals surface area contributed by atoms with E-state index in [-0.39, 0.29) is 18.1 Å². The fourth-order valence-corrected chi connectivity index (χ4v) is 4.59. The number of piperidine rings is 1. The van der Waals surface area contributed by atoms with E-state index in [1.54, 1.807) is 11.3 Å². The molecule has 1 N–H and O–H groups in total. The van der Waals surface area contributed by atoms with Crippen LogP contribution in [0.2, 0.25) is 0 Å². The number of amides is 1. The second kappa shape index (κ2) is 10.1. The highest BCUT2D eigenvalue weighted by Crippen LogP contribution is 2.34. The van der Waals surface area contributed by atoms with Gasteiger partial charge < -0.3 is 19.5 Å². The molecule has 1 amide bonds. The Hall–Kier alpha value is -1.69. The lowest BCUT2D eigenvalue weighted by Crippen LogP contribution is -2.46. The summed E-state index contributed by atoms with van der Waals surface area (Å²) >= 11 is 1.75. The minimum absolute atomic E-state index is 0.173. The van der Waals surface area contributed by atoms with Crippen LogP contribution in [0.5, 0.6) is 0 Å². The van der Waals surface area contributed by atoms with E-state index in [0.29, 0.717) is 32.2 Å². The maximum Gasteiger partial charge on any atom is 0.490 e. The smallest absolute Gasteiger partial charge is 0.475 e. The minimum atomic E-state index is -5.08. The Morgan fingerprint density at radius 3 is 2.53 bits per heavy atom. The third-order valence-corrected chi connectivity index (χ3v) is 6.19. The van der Waals surface area contributed by atoms with Gasteiger partial charge in [0.1, 0.15) is 6.10 Å². The molecule has 0 aliphatic carbocycles. The first-order valence-corrected chi connectivity index (χ1v) is 10.7. The molecule has 0 bridgehead atoms. The maximum atomic E-state index is 12.6. The maximum absolute atomic E-state index is 12.6. The number of ether oxygens (including phenoxy) is 2. The molecule has 3 aliphatic rings. The van der Waals surface area contributed by atoms with Gasteiger partial charge in [-0.2, -0.15) is 24.5 Å². The van der Waals surface area contributed by atoms with Crippen LogP contribution in [0.3, 0.4) is 0 Å². The van der Waals surface area contributed by atoms with Gasteiger partial charge in [0.15, 0.2) is 0 Å². The highest BCUT2D eigenvalue weighted by Gasteiger charge is 2.43. The second-order valence-corrected chi connectivity index (χ2v) is 8.33. The lowest BCUT2D eigenvalue weighted by Gasteiger charge is -2.33. The molecule has 1 aromatic rings. The van der Waals surface area contributed by atoms with Crippen LogP contribution in [0.25, 0.3) is 0 Å². The first-order chi connectivity index (χ1) is 14.2. The molecule has 3 aliphatic heterocycles. The summed E-state index contributed by atoms with van der Waals surface area (Å²) < 4.78 is 43.2. The number of carboxylic acid groups (broad SMARTS) is 1. The van der Waals surface area contributed by atoms with Crippen molar-refractivity contribution < 1.29 is 37.3 Å². The molecule has 3 fully saturated rings. The Balaban J connectivity index is 0.000000318. The van der Waals surface area contributed by atoms with Gasteiger partial charge in [0, 0.05) is 26.2 Å². The van der Waals surface area contributed by atoms with Gasteiger partial charge in [-0.3, -0.25) is 9.69 Å². The molecule has 11 heteroatoms. The summed E-state index contributed by atoms with van der Waals surface area (Å²) in [5.74, 6) is -2.04. The molecule has 168 valence electrons. The van der Waals surface area contributed by atoms with Crippen LogP contribution in [-0.2, 0) is 25.6 Å². The summed E-state index contributed by atoms with van der Waals surface area (Å²) in [6, 6.07) is 2.19. The number of rotatable bonds is 3. The summed E-state index contributed by atoms with van der Waals surface area (Å²) in [4.78, 5) is 25.9. The van der Waals surface area contributed by atoms with Crippen molar-refractivity contribution in [1.29, 1.82) is 0 Å². The standard InChI is InChI=1S/C17H24N2O3S.C2HF3O2/c20-17(19-4-6-21-7-5-19)15-9-14-1-3-18(11-16(14)22-15)10-13-2-8-23-12-13;3-2(4,5)1(6)7/h2,8,12,14-16H,1,3-7,9-11H2;(H,6,7)/t14-,15-,16+;/m0./s1. The van der Waals surface area contributed by atoms with E-state index in [9.17, 15) is 18.0 Å². The molecule has 0 radical (unpaired) electrons.